The molecule has 3 heteroatoms. The van der Waals surface area contributed by atoms with Crippen LogP contribution in [0.15, 0.2) is 24.3 Å². The van der Waals surface area contributed by atoms with E-state index in [0.29, 0.717) is 5.41 Å². The van der Waals surface area contributed by atoms with Gasteiger partial charge in [-0.25, -0.2) is 0 Å². The summed E-state index contributed by atoms with van der Waals surface area (Å²) in [7, 11) is 0. The van der Waals surface area contributed by atoms with Gasteiger partial charge in [0.2, 0.25) is 5.91 Å². The van der Waals surface area contributed by atoms with Gasteiger partial charge < -0.3 is 10.6 Å². The zero-order valence-corrected chi connectivity index (χ0v) is 11.5. The van der Waals surface area contributed by atoms with E-state index >= 15 is 0 Å². The van der Waals surface area contributed by atoms with E-state index in [1.807, 2.05) is 18.2 Å². The second-order valence-corrected chi connectivity index (χ2v) is 6.03. The molecule has 2 N–H and O–H groups in total. The van der Waals surface area contributed by atoms with Crippen LogP contribution in [0.25, 0.3) is 0 Å². The molecule has 0 bridgehead atoms. The fourth-order valence-corrected chi connectivity index (χ4v) is 3.08. The van der Waals surface area contributed by atoms with Crippen LogP contribution in [0.4, 0.5) is 5.69 Å². The molecule has 2 aliphatic rings. The minimum absolute atomic E-state index is 0.0881. The fourth-order valence-electron chi connectivity index (χ4n) is 3.08. The molecular formula is C16H22N2O. The topological polar surface area (TPSA) is 41.1 Å². The van der Waals surface area contributed by atoms with Gasteiger partial charge >= 0.3 is 0 Å². The molecule has 3 nitrogen and oxygen atoms in total. The number of nitrogens with one attached hydrogen (secondary N) is 2. The third-order valence-electron chi connectivity index (χ3n) is 4.46. The van der Waals surface area contributed by atoms with Crippen molar-refractivity contribution in [2.45, 2.75) is 45.1 Å². The van der Waals surface area contributed by atoms with Crippen molar-refractivity contribution in [2.75, 3.05) is 11.9 Å². The van der Waals surface area contributed by atoms with Crippen LogP contribution in [-0.2, 0) is 11.2 Å². The van der Waals surface area contributed by atoms with E-state index < -0.39 is 0 Å². The van der Waals surface area contributed by atoms with Crippen molar-refractivity contribution in [2.24, 2.45) is 5.41 Å². The Hall–Kier alpha value is -1.51. The highest BCUT2D eigenvalue weighted by molar-refractivity contribution is 5.87. The lowest BCUT2D eigenvalue weighted by Crippen LogP contribution is -2.41. The summed E-state index contributed by atoms with van der Waals surface area (Å²) in [6, 6.07) is 8.08. The average molecular weight is 258 g/mol. The Balaban J connectivity index is 1.53. The molecular weight excluding hydrogens is 236 g/mol. The Kier molecular flexibility index (Phi) is 3.21. The van der Waals surface area contributed by atoms with Crippen LogP contribution in [-0.4, -0.2) is 18.5 Å². The second-order valence-electron chi connectivity index (χ2n) is 6.03. The summed E-state index contributed by atoms with van der Waals surface area (Å²) in [6.45, 7) is 3.07. The number of hydrogen-bond acceptors (Lipinski definition) is 2. The first kappa shape index (κ1) is 12.5. The zero-order valence-electron chi connectivity index (χ0n) is 11.5. The van der Waals surface area contributed by atoms with Crippen molar-refractivity contribution >= 4 is 11.6 Å². The van der Waals surface area contributed by atoms with Crippen LogP contribution in [0.2, 0.25) is 0 Å². The maximum atomic E-state index is 12.2. The van der Waals surface area contributed by atoms with Gasteiger partial charge in [0.1, 0.15) is 6.04 Å². The number of para-hydroxylation sites is 1. The van der Waals surface area contributed by atoms with Gasteiger partial charge in [0.25, 0.3) is 0 Å². The van der Waals surface area contributed by atoms with Crippen LogP contribution < -0.4 is 10.6 Å². The van der Waals surface area contributed by atoms with Gasteiger partial charge in [0.15, 0.2) is 0 Å². The second kappa shape index (κ2) is 4.87. The van der Waals surface area contributed by atoms with E-state index in [9.17, 15) is 4.79 Å². The van der Waals surface area contributed by atoms with Crippen molar-refractivity contribution < 1.29 is 4.79 Å². The normalized spacial score (nSPS) is 22.5. The number of rotatable bonds is 5. The number of fused-ring (bicyclic) bond motifs is 1. The van der Waals surface area contributed by atoms with Gasteiger partial charge in [-0.15, -0.1) is 0 Å². The van der Waals surface area contributed by atoms with E-state index in [1.54, 1.807) is 0 Å². The maximum absolute atomic E-state index is 12.2. The Morgan fingerprint density at radius 3 is 2.89 bits per heavy atom. The first-order chi connectivity index (χ1) is 9.22. The highest BCUT2D eigenvalue weighted by Crippen LogP contribution is 2.48. The quantitative estimate of drug-likeness (QED) is 0.852. The molecule has 19 heavy (non-hydrogen) atoms. The Morgan fingerprint density at radius 2 is 2.21 bits per heavy atom. The molecule has 1 saturated carbocycles. The molecule has 1 aliphatic carbocycles. The summed E-state index contributed by atoms with van der Waals surface area (Å²) in [4.78, 5) is 12.2. The van der Waals surface area contributed by atoms with Crippen LogP contribution in [0, 0.1) is 5.41 Å². The lowest BCUT2D eigenvalue weighted by Gasteiger charge is -2.17. The summed E-state index contributed by atoms with van der Waals surface area (Å²) in [6.07, 6.45) is 5.82. The first-order valence-corrected chi connectivity index (χ1v) is 7.35. The number of carbonyl (C=O) groups excluding carboxylic acids is 1. The van der Waals surface area contributed by atoms with Crippen molar-refractivity contribution in [1.29, 1.82) is 0 Å². The van der Waals surface area contributed by atoms with Crippen LogP contribution in [0.3, 0.4) is 0 Å². The smallest absolute Gasteiger partial charge is 0.242 e. The van der Waals surface area contributed by atoms with Gasteiger partial charge in [-0.05, 0) is 36.3 Å². The van der Waals surface area contributed by atoms with E-state index in [4.69, 9.17) is 0 Å². The Labute approximate surface area is 114 Å². The summed E-state index contributed by atoms with van der Waals surface area (Å²) in [5.74, 6) is 0.151. The number of anilines is 1. The third-order valence-corrected chi connectivity index (χ3v) is 4.46. The number of amides is 1. The molecule has 102 valence electrons. The van der Waals surface area contributed by atoms with E-state index in [1.165, 1.54) is 31.2 Å². The molecule has 1 aliphatic heterocycles. The van der Waals surface area contributed by atoms with Crippen molar-refractivity contribution in [3.05, 3.63) is 29.8 Å². The molecule has 1 atom stereocenters. The van der Waals surface area contributed by atoms with Gasteiger partial charge in [-0.2, -0.15) is 0 Å². The molecule has 1 heterocycles. The fraction of sp³-hybridized carbons (Fsp3) is 0.562. The lowest BCUT2D eigenvalue weighted by atomic mass is 10.0. The predicted molar refractivity (Wildman–Crippen MR) is 77.1 cm³/mol. The van der Waals surface area contributed by atoms with Gasteiger partial charge in [-0.1, -0.05) is 31.5 Å². The van der Waals surface area contributed by atoms with Crippen molar-refractivity contribution in [3.63, 3.8) is 0 Å². The molecule has 1 aromatic carbocycles. The summed E-state index contributed by atoms with van der Waals surface area (Å²) < 4.78 is 0. The Morgan fingerprint density at radius 1 is 1.42 bits per heavy atom. The third kappa shape index (κ3) is 2.60. The molecule has 0 saturated heterocycles. The molecule has 1 aromatic rings. The molecule has 1 fully saturated rings. The molecule has 3 rings (SSSR count). The monoisotopic (exact) mass is 258 g/mol. The summed E-state index contributed by atoms with van der Waals surface area (Å²) in [5.41, 5.74) is 2.78. The van der Waals surface area contributed by atoms with Gasteiger partial charge in [0, 0.05) is 18.7 Å². The number of hydrogen-bond donors (Lipinski definition) is 2. The maximum Gasteiger partial charge on any atom is 0.242 e. The highest BCUT2D eigenvalue weighted by Gasteiger charge is 2.42. The summed E-state index contributed by atoms with van der Waals surface area (Å²) in [5, 5.41) is 6.46. The molecule has 1 amide bonds. The Bertz CT molecular complexity index is 454. The largest absolute Gasteiger partial charge is 0.373 e. The van der Waals surface area contributed by atoms with E-state index in [-0.39, 0.29) is 11.9 Å². The zero-order chi connectivity index (χ0) is 13.3. The van der Waals surface area contributed by atoms with E-state index in [2.05, 4.69) is 23.6 Å². The number of carbonyl (C=O) groups is 1. The number of benzene rings is 1. The van der Waals surface area contributed by atoms with Crippen molar-refractivity contribution in [3.8, 4) is 0 Å². The SMILES string of the molecule is CCCC1(CNC(=O)[C@@H]2Cc3ccccc3N2)CC1. The minimum atomic E-state index is -0.0881. The molecule has 0 unspecified atom stereocenters. The van der Waals surface area contributed by atoms with Gasteiger partial charge in [-0.3, -0.25) is 4.79 Å². The average Bonchev–Trinajstić information content (AvgIpc) is 3.04. The molecule has 0 aromatic heterocycles. The minimum Gasteiger partial charge on any atom is -0.373 e. The molecule has 0 radical (unpaired) electrons. The highest BCUT2D eigenvalue weighted by atomic mass is 16.2. The van der Waals surface area contributed by atoms with Crippen LogP contribution in [0.5, 0.6) is 0 Å². The van der Waals surface area contributed by atoms with E-state index in [0.717, 1.165) is 18.7 Å². The predicted octanol–water partition coefficient (Wildman–Crippen LogP) is 2.72. The summed E-state index contributed by atoms with van der Waals surface area (Å²) >= 11 is 0. The van der Waals surface area contributed by atoms with Crippen molar-refractivity contribution in [1.82, 2.24) is 5.32 Å². The van der Waals surface area contributed by atoms with Crippen LogP contribution >= 0.6 is 0 Å². The standard InChI is InChI=1S/C16H22N2O/c1-2-7-16(8-9-16)11-17-15(19)14-10-12-5-3-4-6-13(12)18-14/h3-6,14,18H,2,7-11H2,1H3,(H,17,19)/t14-/m0/s1. The first-order valence-electron chi connectivity index (χ1n) is 7.35. The lowest BCUT2D eigenvalue weighted by molar-refractivity contribution is -0.122. The van der Waals surface area contributed by atoms with Crippen LogP contribution in [0.1, 0.15) is 38.2 Å². The van der Waals surface area contributed by atoms with Gasteiger partial charge in [0.05, 0.1) is 0 Å². The molecule has 0 spiro atoms.